The molecule has 0 aliphatic rings. The number of nitrogen functional groups attached to an aromatic ring is 1. The van der Waals surface area contributed by atoms with Crippen LogP contribution in [-0.2, 0) is 9.47 Å². The fourth-order valence-corrected chi connectivity index (χ4v) is 1.25. The van der Waals surface area contributed by atoms with Gasteiger partial charge in [-0.05, 0) is 12.1 Å². The Morgan fingerprint density at radius 2 is 2.00 bits per heavy atom. The van der Waals surface area contributed by atoms with Crippen LogP contribution in [0.15, 0.2) is 18.2 Å². The van der Waals surface area contributed by atoms with E-state index in [0.717, 1.165) is 0 Å². The van der Waals surface area contributed by atoms with Crippen molar-refractivity contribution < 1.29 is 32.2 Å². The van der Waals surface area contributed by atoms with E-state index < -0.39 is 18.9 Å². The van der Waals surface area contributed by atoms with Gasteiger partial charge in [0.25, 0.3) is 0 Å². The number of benzene rings is 1. The summed E-state index contributed by atoms with van der Waals surface area (Å²) < 4.78 is 48.3. The highest BCUT2D eigenvalue weighted by Gasteiger charge is 2.28. The quantitative estimate of drug-likeness (QED) is 0.507. The number of alkyl halides is 3. The number of anilines is 1. The standard InChI is InChI=1S/C11H12F3NO4/c1-17-10(16)8-3-2-7(15)6-9(8)18-4-5-19-11(12,13)14/h2-3,6H,4-5,15H2,1H3. The Balaban J connectivity index is 2.66. The number of carbonyl (C=O) groups excluding carboxylic acids is 1. The Labute approximate surface area is 107 Å². The van der Waals surface area contributed by atoms with E-state index in [1.165, 1.54) is 25.3 Å². The second-order valence-corrected chi connectivity index (χ2v) is 3.39. The Morgan fingerprint density at radius 1 is 1.32 bits per heavy atom. The highest BCUT2D eigenvalue weighted by Crippen LogP contribution is 2.23. The molecule has 2 N–H and O–H groups in total. The molecule has 8 heteroatoms. The van der Waals surface area contributed by atoms with Gasteiger partial charge in [-0.2, -0.15) is 0 Å². The molecular weight excluding hydrogens is 267 g/mol. The second-order valence-electron chi connectivity index (χ2n) is 3.39. The highest BCUT2D eigenvalue weighted by molar-refractivity contribution is 5.93. The summed E-state index contributed by atoms with van der Waals surface area (Å²) in [6.07, 6.45) is -4.72. The van der Waals surface area contributed by atoms with E-state index >= 15 is 0 Å². The number of methoxy groups -OCH3 is 1. The van der Waals surface area contributed by atoms with E-state index in [9.17, 15) is 18.0 Å². The highest BCUT2D eigenvalue weighted by atomic mass is 19.4. The predicted molar refractivity (Wildman–Crippen MR) is 59.7 cm³/mol. The van der Waals surface area contributed by atoms with Crippen LogP contribution in [0.4, 0.5) is 18.9 Å². The molecule has 106 valence electrons. The van der Waals surface area contributed by atoms with Gasteiger partial charge in [0.2, 0.25) is 0 Å². The lowest BCUT2D eigenvalue weighted by Crippen LogP contribution is -2.18. The van der Waals surface area contributed by atoms with Crippen molar-refractivity contribution in [3.63, 3.8) is 0 Å². The van der Waals surface area contributed by atoms with E-state index in [1.54, 1.807) is 0 Å². The Morgan fingerprint density at radius 3 is 2.58 bits per heavy atom. The van der Waals surface area contributed by atoms with Gasteiger partial charge in [0.15, 0.2) is 0 Å². The molecule has 0 spiro atoms. The molecular formula is C11H12F3NO4. The molecule has 0 radical (unpaired) electrons. The molecule has 0 saturated heterocycles. The predicted octanol–water partition coefficient (Wildman–Crippen LogP) is 1.97. The molecule has 1 aromatic carbocycles. The zero-order valence-electron chi connectivity index (χ0n) is 9.99. The summed E-state index contributed by atoms with van der Waals surface area (Å²) in [6, 6.07) is 4.13. The molecule has 0 bridgehead atoms. The van der Waals surface area contributed by atoms with Gasteiger partial charge in [-0.25, -0.2) is 4.79 Å². The fraction of sp³-hybridized carbons (Fsp3) is 0.364. The molecule has 5 nitrogen and oxygen atoms in total. The molecule has 0 unspecified atom stereocenters. The zero-order chi connectivity index (χ0) is 14.5. The molecule has 0 atom stereocenters. The van der Waals surface area contributed by atoms with Crippen LogP contribution in [-0.4, -0.2) is 32.7 Å². The fourth-order valence-electron chi connectivity index (χ4n) is 1.25. The number of hydrogen-bond donors (Lipinski definition) is 1. The molecule has 0 aromatic heterocycles. The van der Waals surface area contributed by atoms with Crippen molar-refractivity contribution in [2.45, 2.75) is 6.36 Å². The van der Waals surface area contributed by atoms with E-state index in [4.69, 9.17) is 10.5 Å². The van der Waals surface area contributed by atoms with Crippen molar-refractivity contribution >= 4 is 11.7 Å². The van der Waals surface area contributed by atoms with Crippen molar-refractivity contribution in [1.29, 1.82) is 0 Å². The maximum absolute atomic E-state index is 11.7. The maximum atomic E-state index is 11.7. The van der Waals surface area contributed by atoms with Crippen molar-refractivity contribution in [1.82, 2.24) is 0 Å². The van der Waals surface area contributed by atoms with Gasteiger partial charge in [-0.3, -0.25) is 4.74 Å². The van der Waals surface area contributed by atoms with Crippen LogP contribution in [0.2, 0.25) is 0 Å². The van der Waals surface area contributed by atoms with Crippen LogP contribution in [0.3, 0.4) is 0 Å². The number of hydrogen-bond acceptors (Lipinski definition) is 5. The Bertz CT molecular complexity index is 448. The van der Waals surface area contributed by atoms with Crippen LogP contribution >= 0.6 is 0 Å². The number of rotatable bonds is 5. The van der Waals surface area contributed by atoms with Crippen molar-refractivity contribution in [2.75, 3.05) is 26.1 Å². The van der Waals surface area contributed by atoms with E-state index in [-0.39, 0.29) is 17.9 Å². The van der Waals surface area contributed by atoms with Gasteiger partial charge in [-0.1, -0.05) is 0 Å². The van der Waals surface area contributed by atoms with Crippen molar-refractivity contribution in [3.8, 4) is 5.75 Å². The number of esters is 1. The smallest absolute Gasteiger partial charge is 0.490 e. The van der Waals surface area contributed by atoms with Crippen molar-refractivity contribution in [3.05, 3.63) is 23.8 Å². The van der Waals surface area contributed by atoms with Crippen LogP contribution < -0.4 is 10.5 Å². The number of halogens is 3. The summed E-state index contributed by atoms with van der Waals surface area (Å²) in [5, 5.41) is 0. The first-order valence-electron chi connectivity index (χ1n) is 5.15. The molecule has 1 rings (SSSR count). The lowest BCUT2D eigenvalue weighted by molar-refractivity contribution is -0.325. The van der Waals surface area contributed by atoms with Crippen LogP contribution in [0.1, 0.15) is 10.4 Å². The van der Waals surface area contributed by atoms with Crippen LogP contribution in [0.5, 0.6) is 5.75 Å². The molecule has 0 heterocycles. The van der Waals surface area contributed by atoms with Gasteiger partial charge in [0, 0.05) is 11.8 Å². The first-order chi connectivity index (χ1) is 8.83. The second kappa shape index (κ2) is 6.28. The Kier molecular flexibility index (Phi) is 4.99. The number of ether oxygens (including phenoxy) is 3. The first-order valence-corrected chi connectivity index (χ1v) is 5.15. The van der Waals surface area contributed by atoms with Gasteiger partial charge in [0.1, 0.15) is 17.9 Å². The maximum Gasteiger partial charge on any atom is 0.522 e. The van der Waals surface area contributed by atoms with E-state index in [0.29, 0.717) is 5.69 Å². The third kappa shape index (κ3) is 5.04. The topological polar surface area (TPSA) is 70.8 Å². The SMILES string of the molecule is COC(=O)c1ccc(N)cc1OCCOC(F)(F)F. The molecule has 0 aliphatic heterocycles. The molecule has 0 aliphatic carbocycles. The summed E-state index contributed by atoms with van der Waals surface area (Å²) in [4.78, 5) is 11.4. The van der Waals surface area contributed by atoms with E-state index in [2.05, 4.69) is 9.47 Å². The monoisotopic (exact) mass is 279 g/mol. The third-order valence-electron chi connectivity index (χ3n) is 2.02. The third-order valence-corrected chi connectivity index (χ3v) is 2.02. The van der Waals surface area contributed by atoms with Gasteiger partial charge >= 0.3 is 12.3 Å². The zero-order valence-corrected chi connectivity index (χ0v) is 9.99. The summed E-state index contributed by atoms with van der Waals surface area (Å²) >= 11 is 0. The van der Waals surface area contributed by atoms with Crippen LogP contribution in [0.25, 0.3) is 0 Å². The minimum absolute atomic E-state index is 0.0395. The number of nitrogens with two attached hydrogens (primary N) is 1. The molecule has 1 aromatic rings. The molecule has 0 saturated carbocycles. The van der Waals surface area contributed by atoms with E-state index in [1.807, 2.05) is 0 Å². The average molecular weight is 279 g/mol. The minimum Gasteiger partial charge on any atom is -0.490 e. The minimum atomic E-state index is -4.72. The molecule has 0 amide bonds. The summed E-state index contributed by atoms with van der Waals surface area (Å²) in [5.41, 5.74) is 5.88. The Hall–Kier alpha value is -1.96. The normalized spacial score (nSPS) is 11.2. The number of carbonyl (C=O) groups is 1. The average Bonchev–Trinajstić information content (AvgIpc) is 2.33. The first kappa shape index (κ1) is 15.1. The van der Waals surface area contributed by atoms with Crippen LogP contribution in [0, 0.1) is 0 Å². The molecule has 0 fully saturated rings. The lowest BCUT2D eigenvalue weighted by Gasteiger charge is -2.12. The molecule has 19 heavy (non-hydrogen) atoms. The van der Waals surface area contributed by atoms with Gasteiger partial charge in [-0.15, -0.1) is 13.2 Å². The summed E-state index contributed by atoms with van der Waals surface area (Å²) in [7, 11) is 1.18. The summed E-state index contributed by atoms with van der Waals surface area (Å²) in [5.74, 6) is -0.635. The van der Waals surface area contributed by atoms with Gasteiger partial charge < -0.3 is 15.2 Å². The lowest BCUT2D eigenvalue weighted by atomic mass is 10.2. The van der Waals surface area contributed by atoms with Crippen molar-refractivity contribution in [2.24, 2.45) is 0 Å². The summed E-state index contributed by atoms with van der Waals surface area (Å²) in [6.45, 7) is -1.08. The van der Waals surface area contributed by atoms with Gasteiger partial charge in [0.05, 0.1) is 13.7 Å². The largest absolute Gasteiger partial charge is 0.522 e.